The molecule has 0 saturated heterocycles. The molecule has 0 radical (unpaired) electrons. The summed E-state index contributed by atoms with van der Waals surface area (Å²) < 4.78 is 4.74. The van der Waals surface area contributed by atoms with Gasteiger partial charge in [-0.05, 0) is 19.1 Å². The number of hydrogen-bond donors (Lipinski definition) is 2. The summed E-state index contributed by atoms with van der Waals surface area (Å²) in [6, 6.07) is 1.71. The number of anilines is 1. The van der Waals surface area contributed by atoms with Crippen LogP contribution in [0.1, 0.15) is 5.76 Å². The number of nitrogens with two attached hydrogens (primary N) is 1. The zero-order valence-corrected chi connectivity index (χ0v) is 6.23. The van der Waals surface area contributed by atoms with Gasteiger partial charge in [0.25, 0.3) is 0 Å². The Labute approximate surface area is 63.4 Å². The summed E-state index contributed by atoms with van der Waals surface area (Å²) >= 11 is 4.57. The first-order valence-corrected chi connectivity index (χ1v) is 3.09. The highest BCUT2D eigenvalue weighted by atomic mass is 32.1. The quantitative estimate of drug-likeness (QED) is 0.586. The second kappa shape index (κ2) is 2.66. The van der Waals surface area contributed by atoms with Crippen molar-refractivity contribution in [3.8, 4) is 0 Å². The lowest BCUT2D eigenvalue weighted by Gasteiger charge is -1.93. The number of hydrogen-bond acceptors (Lipinski definition) is 3. The molecule has 0 atom stereocenters. The van der Waals surface area contributed by atoms with E-state index in [9.17, 15) is 0 Å². The Morgan fingerprint density at radius 1 is 1.90 bits per heavy atom. The largest absolute Gasteiger partial charge is 0.376 e. The van der Waals surface area contributed by atoms with Crippen LogP contribution in [0.2, 0.25) is 0 Å². The minimum atomic E-state index is 0.188. The second-order valence-corrected chi connectivity index (χ2v) is 2.25. The van der Waals surface area contributed by atoms with Crippen molar-refractivity contribution >= 4 is 23.1 Å². The van der Waals surface area contributed by atoms with E-state index in [0.717, 1.165) is 5.76 Å². The summed E-state index contributed by atoms with van der Waals surface area (Å²) in [5.41, 5.74) is 5.17. The molecular formula is C5H7N3OS. The van der Waals surface area contributed by atoms with E-state index in [1.165, 1.54) is 0 Å². The smallest absolute Gasteiger partial charge is 0.175 e. The third-order valence-corrected chi connectivity index (χ3v) is 0.981. The Morgan fingerprint density at radius 3 is 3.00 bits per heavy atom. The number of nitrogens with one attached hydrogen (secondary N) is 1. The zero-order valence-electron chi connectivity index (χ0n) is 5.42. The number of nitrogens with zero attached hydrogens (tertiary/aromatic N) is 1. The van der Waals surface area contributed by atoms with E-state index in [4.69, 9.17) is 10.3 Å². The minimum absolute atomic E-state index is 0.188. The van der Waals surface area contributed by atoms with Crippen molar-refractivity contribution in [2.75, 3.05) is 5.32 Å². The van der Waals surface area contributed by atoms with Gasteiger partial charge in [0.1, 0.15) is 5.76 Å². The van der Waals surface area contributed by atoms with E-state index in [1.54, 1.807) is 13.0 Å². The Balaban J connectivity index is 2.67. The first-order chi connectivity index (χ1) is 4.68. The fourth-order valence-corrected chi connectivity index (χ4v) is 0.656. The summed E-state index contributed by atoms with van der Waals surface area (Å²) in [6.45, 7) is 1.79. The third-order valence-electron chi connectivity index (χ3n) is 0.879. The van der Waals surface area contributed by atoms with E-state index in [-0.39, 0.29) is 5.11 Å². The van der Waals surface area contributed by atoms with Gasteiger partial charge in [-0.1, -0.05) is 5.16 Å². The Hall–Kier alpha value is -1.10. The molecule has 54 valence electrons. The third kappa shape index (κ3) is 1.70. The van der Waals surface area contributed by atoms with Crippen LogP contribution in [0, 0.1) is 6.92 Å². The number of thiocarbonyl (C=S) groups is 1. The lowest BCUT2D eigenvalue weighted by molar-refractivity contribution is 0.400. The maximum Gasteiger partial charge on any atom is 0.175 e. The molecule has 10 heavy (non-hydrogen) atoms. The van der Waals surface area contributed by atoms with Crippen LogP contribution in [0.4, 0.5) is 5.82 Å². The molecule has 1 rings (SSSR count). The maximum atomic E-state index is 5.17. The standard InChI is InChI=1S/C5H7N3OS/c1-3-2-4(8-9-3)7-5(6)10/h2H,1H3,(H3,6,7,8,10). The van der Waals surface area contributed by atoms with Gasteiger partial charge in [-0.25, -0.2) is 0 Å². The van der Waals surface area contributed by atoms with E-state index >= 15 is 0 Å². The van der Waals surface area contributed by atoms with Gasteiger partial charge < -0.3 is 15.6 Å². The first kappa shape index (κ1) is 7.01. The summed E-state index contributed by atoms with van der Waals surface area (Å²) in [5.74, 6) is 1.27. The first-order valence-electron chi connectivity index (χ1n) is 2.68. The van der Waals surface area contributed by atoms with Gasteiger partial charge in [0, 0.05) is 6.07 Å². The average molecular weight is 157 g/mol. The molecule has 0 amide bonds. The number of aromatic nitrogens is 1. The fraction of sp³-hybridized carbons (Fsp3) is 0.200. The van der Waals surface area contributed by atoms with Crippen molar-refractivity contribution in [3.63, 3.8) is 0 Å². The number of aryl methyl sites for hydroxylation is 1. The average Bonchev–Trinajstić information content (AvgIpc) is 2.13. The summed E-state index contributed by atoms with van der Waals surface area (Å²) in [4.78, 5) is 0. The lowest BCUT2D eigenvalue weighted by atomic mass is 10.5. The molecule has 0 unspecified atom stereocenters. The molecule has 0 aliphatic heterocycles. The van der Waals surface area contributed by atoms with Crippen molar-refractivity contribution in [2.45, 2.75) is 6.92 Å². The summed E-state index contributed by atoms with van der Waals surface area (Å²) in [5, 5.41) is 6.42. The molecule has 0 fully saturated rings. The normalized spacial score (nSPS) is 9.30. The van der Waals surface area contributed by atoms with Crippen LogP contribution < -0.4 is 11.1 Å². The molecule has 1 aromatic rings. The van der Waals surface area contributed by atoms with Crippen molar-refractivity contribution < 1.29 is 4.52 Å². The summed E-state index contributed by atoms with van der Waals surface area (Å²) in [6.07, 6.45) is 0. The zero-order chi connectivity index (χ0) is 7.56. The molecule has 0 bridgehead atoms. The predicted octanol–water partition coefficient (Wildman–Crippen LogP) is 0.639. The molecular weight excluding hydrogens is 150 g/mol. The second-order valence-electron chi connectivity index (χ2n) is 1.81. The molecule has 0 spiro atoms. The summed E-state index contributed by atoms with van der Waals surface area (Å²) in [7, 11) is 0. The van der Waals surface area contributed by atoms with Gasteiger partial charge in [-0.15, -0.1) is 0 Å². The van der Waals surface area contributed by atoms with Gasteiger partial charge in [0.2, 0.25) is 0 Å². The van der Waals surface area contributed by atoms with Crippen molar-refractivity contribution in [3.05, 3.63) is 11.8 Å². The van der Waals surface area contributed by atoms with Crippen LogP contribution in [-0.4, -0.2) is 10.3 Å². The van der Waals surface area contributed by atoms with Gasteiger partial charge >= 0.3 is 0 Å². The number of rotatable bonds is 1. The SMILES string of the molecule is Cc1cc(NC(N)=S)no1. The highest BCUT2D eigenvalue weighted by Crippen LogP contribution is 2.05. The molecule has 0 aromatic carbocycles. The topological polar surface area (TPSA) is 64.1 Å². The van der Waals surface area contributed by atoms with Crippen molar-refractivity contribution in [1.82, 2.24) is 5.16 Å². The van der Waals surface area contributed by atoms with E-state index in [1.807, 2.05) is 0 Å². The molecule has 5 heteroatoms. The van der Waals surface area contributed by atoms with Gasteiger partial charge in [-0.2, -0.15) is 0 Å². The van der Waals surface area contributed by atoms with Gasteiger partial charge in [0.05, 0.1) is 0 Å². The lowest BCUT2D eigenvalue weighted by Crippen LogP contribution is -2.18. The van der Waals surface area contributed by atoms with E-state index in [0.29, 0.717) is 5.82 Å². The molecule has 0 aliphatic carbocycles. The van der Waals surface area contributed by atoms with Crippen molar-refractivity contribution in [2.24, 2.45) is 5.73 Å². The van der Waals surface area contributed by atoms with Gasteiger partial charge in [0.15, 0.2) is 10.9 Å². The molecule has 4 nitrogen and oxygen atoms in total. The van der Waals surface area contributed by atoms with Crippen LogP contribution in [0.25, 0.3) is 0 Å². The molecule has 1 aromatic heterocycles. The highest BCUT2D eigenvalue weighted by molar-refractivity contribution is 7.80. The Kier molecular flexibility index (Phi) is 1.86. The van der Waals surface area contributed by atoms with Crippen LogP contribution in [0.5, 0.6) is 0 Å². The van der Waals surface area contributed by atoms with Gasteiger partial charge in [-0.3, -0.25) is 0 Å². The van der Waals surface area contributed by atoms with E-state index < -0.39 is 0 Å². The fourth-order valence-electron chi connectivity index (χ4n) is 0.552. The molecule has 0 saturated carbocycles. The molecule has 0 aliphatic rings. The minimum Gasteiger partial charge on any atom is -0.376 e. The van der Waals surface area contributed by atoms with Crippen LogP contribution in [-0.2, 0) is 0 Å². The van der Waals surface area contributed by atoms with Crippen LogP contribution in [0.15, 0.2) is 10.6 Å². The monoisotopic (exact) mass is 157 g/mol. The van der Waals surface area contributed by atoms with E-state index in [2.05, 4.69) is 22.7 Å². The highest BCUT2D eigenvalue weighted by Gasteiger charge is 1.97. The predicted molar refractivity (Wildman–Crippen MR) is 41.6 cm³/mol. The Bertz CT molecular complexity index is 245. The molecule has 1 heterocycles. The van der Waals surface area contributed by atoms with Crippen LogP contribution in [0.3, 0.4) is 0 Å². The van der Waals surface area contributed by atoms with Crippen molar-refractivity contribution in [1.29, 1.82) is 0 Å². The Morgan fingerprint density at radius 2 is 2.60 bits per heavy atom. The molecule has 3 N–H and O–H groups in total. The van der Waals surface area contributed by atoms with Crippen LogP contribution >= 0.6 is 12.2 Å². The maximum absolute atomic E-state index is 5.17.